The minimum absolute atomic E-state index is 2.25. The summed E-state index contributed by atoms with van der Waals surface area (Å²) in [5.41, 5.74) is 0. The molecule has 0 heterocycles. The Kier molecular flexibility index (Phi) is 1.42. The lowest BCUT2D eigenvalue weighted by Crippen LogP contribution is -2.40. The Morgan fingerprint density at radius 3 is 2.50 bits per heavy atom. The molecular weight excluding hydrogens is 140 g/mol. The fourth-order valence-electron chi connectivity index (χ4n) is 0.213. The van der Waals surface area contributed by atoms with Crippen molar-refractivity contribution in [2.45, 2.75) is 18.2 Å². The molecule has 0 aromatic rings. The van der Waals surface area contributed by atoms with E-state index in [4.69, 9.17) is 28.7 Å². The highest BCUT2D eigenvalue weighted by atomic mass is 16.4. The summed E-state index contributed by atoms with van der Waals surface area (Å²) in [7, 11) is 0. The summed E-state index contributed by atoms with van der Waals surface area (Å²) in [6.45, 7) is -3.91. The van der Waals surface area contributed by atoms with Gasteiger partial charge in [0.2, 0.25) is 0 Å². The second-order valence-corrected chi connectivity index (χ2v) is 1.26. The Morgan fingerprint density at radius 1 is 1.70 bits per heavy atom. The van der Waals surface area contributed by atoms with Crippen molar-refractivity contribution < 1.29 is 33.4 Å². The number of aliphatic hydroxyl groups is 4. The van der Waals surface area contributed by atoms with Crippen LogP contribution in [0, 0.1) is 0 Å². The number of hydrogen-bond acceptors (Lipinski definition) is 5. The van der Waals surface area contributed by atoms with Gasteiger partial charge < -0.3 is 25.2 Å². The zero-order valence-electron chi connectivity index (χ0n) is 10.7. The fourth-order valence-corrected chi connectivity index (χ4v) is 0.213. The van der Waals surface area contributed by atoms with Gasteiger partial charge in [-0.2, -0.15) is 0 Å². The number of rotatable bonds is 4. The van der Waals surface area contributed by atoms with E-state index in [-0.39, 0.29) is 0 Å². The maximum absolute atomic E-state index is 10.4. The van der Waals surface area contributed by atoms with Crippen molar-refractivity contribution in [1.82, 2.24) is 0 Å². The molecule has 3 atom stereocenters. The van der Waals surface area contributed by atoms with Crippen molar-refractivity contribution in [1.29, 1.82) is 0 Å². The number of aldehydes is 1. The molecule has 0 spiro atoms. The van der Waals surface area contributed by atoms with E-state index in [2.05, 4.69) is 0 Å². The summed E-state index contributed by atoms with van der Waals surface area (Å²) in [5.74, 6) is 0. The van der Waals surface area contributed by atoms with Gasteiger partial charge in [0.15, 0.2) is 6.26 Å². The van der Waals surface area contributed by atoms with Crippen LogP contribution in [-0.4, -0.2) is 51.5 Å². The van der Waals surface area contributed by atoms with Gasteiger partial charge in [0.05, 0.1) is 13.4 Å². The highest BCUT2D eigenvalue weighted by molar-refractivity contribution is 5.56. The quantitative estimate of drug-likeness (QED) is 0.331. The van der Waals surface area contributed by atoms with E-state index in [1.165, 1.54) is 0 Å². The van der Waals surface area contributed by atoms with Gasteiger partial charge in [0.1, 0.15) is 19.6 Å². The largest absolute Gasteiger partial charge is 0.394 e. The van der Waals surface area contributed by atoms with Crippen molar-refractivity contribution in [3.63, 3.8) is 0 Å². The molecule has 5 nitrogen and oxygen atoms in total. The van der Waals surface area contributed by atoms with Gasteiger partial charge in [-0.1, -0.05) is 0 Å². The zero-order chi connectivity index (χ0) is 13.6. The Bertz CT molecular complexity index is 294. The van der Waals surface area contributed by atoms with E-state index in [0.29, 0.717) is 0 Å². The second kappa shape index (κ2) is 4.35. The maximum atomic E-state index is 10.4. The SMILES string of the molecule is [2H]C(=O)[C@]([2H])(O)[C@@]([2H])(O)[C@]([2H])(O)C([2H])([2H])O. The average molecular weight is 156 g/mol. The van der Waals surface area contributed by atoms with Gasteiger partial charge in [-0.05, 0) is 0 Å². The Morgan fingerprint density at radius 2 is 2.20 bits per heavy atom. The monoisotopic (exact) mass is 156 g/mol. The smallest absolute Gasteiger partial charge is 0.151 e. The van der Waals surface area contributed by atoms with Gasteiger partial charge in [-0.3, -0.25) is 0 Å². The van der Waals surface area contributed by atoms with E-state index in [9.17, 15) is 4.79 Å². The lowest BCUT2D eigenvalue weighted by atomic mass is 10.1. The Balaban J connectivity index is 5.62. The summed E-state index contributed by atoms with van der Waals surface area (Å²) in [6.07, 6.45) is -14.5. The summed E-state index contributed by atoms with van der Waals surface area (Å²) < 4.78 is 39.9. The van der Waals surface area contributed by atoms with E-state index < -0.39 is 31.1 Å². The molecule has 0 aliphatic rings. The summed E-state index contributed by atoms with van der Waals surface area (Å²) in [4.78, 5) is 10.4. The predicted molar refractivity (Wildman–Crippen MR) is 31.2 cm³/mol. The van der Waals surface area contributed by atoms with Crippen LogP contribution >= 0.6 is 0 Å². The van der Waals surface area contributed by atoms with Crippen LogP contribution < -0.4 is 0 Å². The normalized spacial score (nSPS) is 39.2. The number of carbonyl (C=O) groups is 1. The van der Waals surface area contributed by atoms with Crippen LogP contribution in [0.3, 0.4) is 0 Å². The van der Waals surface area contributed by atoms with Gasteiger partial charge in [-0.25, -0.2) is 0 Å². The molecule has 0 amide bonds. The van der Waals surface area contributed by atoms with E-state index in [1.54, 1.807) is 0 Å². The molecule has 0 aromatic heterocycles. The van der Waals surface area contributed by atoms with Gasteiger partial charge >= 0.3 is 0 Å². The Hall–Kier alpha value is -0.490. The third-order valence-corrected chi connectivity index (χ3v) is 0.651. The van der Waals surface area contributed by atoms with Crippen LogP contribution in [0.15, 0.2) is 0 Å². The molecule has 5 heteroatoms. The number of hydrogen-bond donors (Lipinski definition) is 4. The highest BCUT2D eigenvalue weighted by Gasteiger charge is 2.22. The maximum Gasteiger partial charge on any atom is 0.151 e. The first kappa shape index (κ1) is 3.27. The van der Waals surface area contributed by atoms with Crippen molar-refractivity contribution in [3.8, 4) is 0 Å². The minimum atomic E-state index is -4.17. The van der Waals surface area contributed by atoms with E-state index in [1.807, 2.05) is 0 Å². The lowest BCUT2D eigenvalue weighted by Gasteiger charge is -2.16. The molecule has 4 N–H and O–H groups in total. The first-order valence-electron chi connectivity index (χ1n) is 5.10. The summed E-state index contributed by atoms with van der Waals surface area (Å²) >= 11 is 0. The molecule has 0 radical (unpaired) electrons. The van der Waals surface area contributed by atoms with Crippen LogP contribution in [-0.2, 0) is 4.79 Å². The molecule has 0 bridgehead atoms. The van der Waals surface area contributed by atoms with E-state index >= 15 is 0 Å². The average Bonchev–Trinajstić information content (AvgIpc) is 2.00. The molecule has 0 rings (SSSR count). The van der Waals surface area contributed by atoms with Crippen LogP contribution in [0.2, 0.25) is 0 Å². The molecule has 0 fully saturated rings. The zero-order valence-corrected chi connectivity index (χ0v) is 4.70. The topological polar surface area (TPSA) is 98.0 Å². The lowest BCUT2D eigenvalue weighted by molar-refractivity contribution is -0.127. The molecule has 0 aliphatic heterocycles. The molecule has 0 aromatic carbocycles. The van der Waals surface area contributed by atoms with Crippen LogP contribution in [0.5, 0.6) is 0 Å². The highest BCUT2D eigenvalue weighted by Crippen LogP contribution is 1.96. The minimum Gasteiger partial charge on any atom is -0.394 e. The summed E-state index contributed by atoms with van der Waals surface area (Å²) in [6, 6.07) is 0. The van der Waals surface area contributed by atoms with E-state index in [0.717, 1.165) is 0 Å². The van der Waals surface area contributed by atoms with Gasteiger partial charge in [-0.15, -0.1) is 0 Å². The molecule has 60 valence electrons. The first-order valence-corrected chi connectivity index (χ1v) is 2.10. The van der Waals surface area contributed by atoms with Crippen molar-refractivity contribution in [2.75, 3.05) is 6.56 Å². The third kappa shape index (κ3) is 2.40. The van der Waals surface area contributed by atoms with Gasteiger partial charge in [0, 0.05) is 0 Å². The molecule has 0 saturated heterocycles. The molecular formula is C5H10O5. The third-order valence-electron chi connectivity index (χ3n) is 0.651. The van der Waals surface area contributed by atoms with Crippen molar-refractivity contribution in [3.05, 3.63) is 0 Å². The molecule has 10 heavy (non-hydrogen) atoms. The van der Waals surface area contributed by atoms with Crippen molar-refractivity contribution in [2.24, 2.45) is 0 Å². The molecule has 0 saturated carbocycles. The molecule has 0 unspecified atom stereocenters. The standard InChI is InChI=1S/C5H10O5/c6-1-3(8)5(10)4(9)2-7/h1,3-5,7-10H,2H2/t3-,4+,5+/m0/s1/i1D,2D2,3D,4D,5D. The van der Waals surface area contributed by atoms with Crippen LogP contribution in [0.25, 0.3) is 0 Å². The van der Waals surface area contributed by atoms with Gasteiger partial charge in [0.25, 0.3) is 0 Å². The molecule has 0 aliphatic carbocycles. The fraction of sp³-hybridized carbons (Fsp3) is 0.800. The number of carbonyl (C=O) groups excluding carboxylic acids is 1. The summed E-state index contributed by atoms with van der Waals surface area (Å²) in [5, 5.41) is 35.8. The Labute approximate surface area is 66.0 Å². The van der Waals surface area contributed by atoms with Crippen LogP contribution in [0.1, 0.15) is 8.22 Å². The van der Waals surface area contributed by atoms with Crippen LogP contribution in [0.4, 0.5) is 0 Å². The van der Waals surface area contributed by atoms with Crippen molar-refractivity contribution >= 4 is 6.26 Å². The predicted octanol–water partition coefficient (Wildman–Crippen LogP) is -2.74. The second-order valence-electron chi connectivity index (χ2n) is 1.26. The first-order chi connectivity index (χ1) is 6.69.